The molecule has 5 heteroatoms. The van der Waals surface area contributed by atoms with E-state index in [1.807, 2.05) is 31.2 Å². The van der Waals surface area contributed by atoms with Crippen LogP contribution in [0.5, 0.6) is 0 Å². The molecule has 2 aromatic rings. The topological polar surface area (TPSA) is 74.7 Å². The van der Waals surface area contributed by atoms with Crippen molar-refractivity contribution in [1.82, 2.24) is 4.98 Å². The van der Waals surface area contributed by atoms with E-state index in [1.54, 1.807) is 0 Å². The van der Waals surface area contributed by atoms with Crippen LogP contribution in [0, 0.1) is 6.92 Å². The van der Waals surface area contributed by atoms with Crippen LogP contribution in [0.4, 0.5) is 11.5 Å². The second kappa shape index (κ2) is 5.09. The van der Waals surface area contributed by atoms with Gasteiger partial charge in [-0.3, -0.25) is 0 Å². The summed E-state index contributed by atoms with van der Waals surface area (Å²) in [6.45, 7) is 4.09. The summed E-state index contributed by atoms with van der Waals surface area (Å²) < 4.78 is 0. The lowest BCUT2D eigenvalue weighted by molar-refractivity contribution is 0.318. The Labute approximate surface area is 123 Å². The minimum Gasteiger partial charge on any atom is -0.409 e. The van der Waals surface area contributed by atoms with E-state index in [1.165, 1.54) is 5.56 Å². The van der Waals surface area contributed by atoms with Crippen molar-refractivity contribution in [3.05, 3.63) is 53.2 Å². The lowest BCUT2D eigenvalue weighted by Gasteiger charge is -2.26. The van der Waals surface area contributed by atoms with Crippen LogP contribution >= 0.6 is 0 Å². The minimum atomic E-state index is 0.0779. The molecule has 3 rings (SSSR count). The summed E-state index contributed by atoms with van der Waals surface area (Å²) in [6, 6.07) is 12.3. The van der Waals surface area contributed by atoms with E-state index >= 15 is 0 Å². The smallest absolute Gasteiger partial charge is 0.173 e. The highest BCUT2D eigenvalue weighted by Gasteiger charge is 2.30. The molecule has 2 heterocycles. The third-order valence-electron chi connectivity index (χ3n) is 3.83. The summed E-state index contributed by atoms with van der Waals surface area (Å²) in [5.74, 6) is 0.817. The van der Waals surface area contributed by atoms with Gasteiger partial charge in [0.1, 0.15) is 5.82 Å². The second-order valence-electron chi connectivity index (χ2n) is 5.36. The fraction of sp³-hybridized carbons (Fsp3) is 0.250. The molecule has 1 atom stereocenters. The predicted octanol–water partition coefficient (Wildman–Crippen LogP) is 2.57. The van der Waals surface area contributed by atoms with E-state index in [2.05, 4.69) is 34.1 Å². The molecule has 0 spiro atoms. The van der Waals surface area contributed by atoms with Gasteiger partial charge in [-0.05, 0) is 44.0 Å². The van der Waals surface area contributed by atoms with E-state index in [-0.39, 0.29) is 11.9 Å². The molecule has 0 saturated carbocycles. The first-order valence-electron chi connectivity index (χ1n) is 6.94. The fourth-order valence-electron chi connectivity index (χ4n) is 2.87. The lowest BCUT2D eigenvalue weighted by Crippen LogP contribution is -2.28. The van der Waals surface area contributed by atoms with E-state index < -0.39 is 0 Å². The first-order chi connectivity index (χ1) is 10.1. The first-order valence-corrected chi connectivity index (χ1v) is 6.94. The number of hydrogen-bond donors (Lipinski definition) is 2. The molecule has 1 aromatic heterocycles. The number of oxime groups is 1. The molecule has 1 aromatic carbocycles. The van der Waals surface area contributed by atoms with E-state index in [0.29, 0.717) is 5.56 Å². The molecule has 1 aliphatic heterocycles. The fourth-order valence-corrected chi connectivity index (χ4v) is 2.87. The van der Waals surface area contributed by atoms with Crippen LogP contribution in [-0.2, 0) is 6.42 Å². The summed E-state index contributed by atoms with van der Waals surface area (Å²) in [7, 11) is 0. The number of anilines is 2. The van der Waals surface area contributed by atoms with Gasteiger partial charge >= 0.3 is 0 Å². The Hall–Kier alpha value is -2.56. The van der Waals surface area contributed by atoms with Gasteiger partial charge in [0, 0.05) is 17.4 Å². The zero-order valence-corrected chi connectivity index (χ0v) is 12.1. The van der Waals surface area contributed by atoms with Gasteiger partial charge in [-0.2, -0.15) is 0 Å². The molecule has 0 aliphatic carbocycles. The van der Waals surface area contributed by atoms with Crippen LogP contribution in [0.25, 0.3) is 0 Å². The number of pyridine rings is 1. The normalized spacial score (nSPS) is 17.9. The molecule has 0 radical (unpaired) electrons. The van der Waals surface area contributed by atoms with Crippen LogP contribution in [0.15, 0.2) is 41.6 Å². The monoisotopic (exact) mass is 282 g/mol. The average molecular weight is 282 g/mol. The van der Waals surface area contributed by atoms with Crippen molar-refractivity contribution in [2.45, 2.75) is 26.3 Å². The molecule has 0 bridgehead atoms. The van der Waals surface area contributed by atoms with Gasteiger partial charge in [0.05, 0.1) is 5.56 Å². The predicted molar refractivity (Wildman–Crippen MR) is 83.2 cm³/mol. The second-order valence-corrected chi connectivity index (χ2v) is 5.36. The largest absolute Gasteiger partial charge is 0.409 e. The summed E-state index contributed by atoms with van der Waals surface area (Å²) in [6.07, 6.45) is 0.960. The third kappa shape index (κ3) is 2.20. The number of nitrogens with zero attached hydrogens (tertiary/aromatic N) is 3. The van der Waals surface area contributed by atoms with Crippen molar-refractivity contribution in [1.29, 1.82) is 0 Å². The third-order valence-corrected chi connectivity index (χ3v) is 3.83. The van der Waals surface area contributed by atoms with Gasteiger partial charge in [0.2, 0.25) is 0 Å². The van der Waals surface area contributed by atoms with Crippen molar-refractivity contribution in [2.24, 2.45) is 10.9 Å². The summed E-state index contributed by atoms with van der Waals surface area (Å²) in [5.41, 5.74) is 9.78. The highest BCUT2D eigenvalue weighted by atomic mass is 16.4. The maximum absolute atomic E-state index is 9.00. The molecule has 3 N–H and O–H groups in total. The number of hydrogen-bond acceptors (Lipinski definition) is 4. The minimum absolute atomic E-state index is 0.0779. The summed E-state index contributed by atoms with van der Waals surface area (Å²) >= 11 is 0. The number of para-hydroxylation sites is 1. The molecule has 1 aliphatic rings. The molecular weight excluding hydrogens is 264 g/mol. The Kier molecular flexibility index (Phi) is 3.25. The van der Waals surface area contributed by atoms with Crippen LogP contribution < -0.4 is 10.6 Å². The van der Waals surface area contributed by atoms with Gasteiger partial charge in [-0.25, -0.2) is 4.98 Å². The molecule has 0 saturated heterocycles. The molecule has 1 unspecified atom stereocenters. The zero-order valence-electron chi connectivity index (χ0n) is 12.1. The number of fused-ring (bicyclic) bond motifs is 1. The van der Waals surface area contributed by atoms with Crippen molar-refractivity contribution in [3.8, 4) is 0 Å². The number of amidine groups is 1. The quantitative estimate of drug-likeness (QED) is 0.384. The van der Waals surface area contributed by atoms with Gasteiger partial charge in [0.15, 0.2) is 5.84 Å². The zero-order chi connectivity index (χ0) is 15.0. The SMILES string of the molecule is Cc1ccc(C(N)=NO)c(N2c3ccccc3CC2C)n1. The average Bonchev–Trinajstić information content (AvgIpc) is 2.82. The molecule has 0 fully saturated rings. The molecule has 5 nitrogen and oxygen atoms in total. The number of aromatic nitrogens is 1. The van der Waals surface area contributed by atoms with E-state index in [4.69, 9.17) is 10.9 Å². The first kappa shape index (κ1) is 13.4. The van der Waals surface area contributed by atoms with Crippen LogP contribution in [0.1, 0.15) is 23.7 Å². The van der Waals surface area contributed by atoms with Crippen LogP contribution in [0.3, 0.4) is 0 Å². The van der Waals surface area contributed by atoms with Crippen molar-refractivity contribution in [3.63, 3.8) is 0 Å². The number of rotatable bonds is 2. The standard InChI is InChI=1S/C16H18N4O/c1-10-7-8-13(15(17)19-21)16(18-10)20-11(2)9-12-5-3-4-6-14(12)20/h3-8,11,21H,9H2,1-2H3,(H2,17,19). The Morgan fingerprint density at radius 2 is 2.10 bits per heavy atom. The molecule has 108 valence electrons. The van der Waals surface area contributed by atoms with Crippen LogP contribution in [-0.4, -0.2) is 22.1 Å². The maximum atomic E-state index is 9.00. The van der Waals surface area contributed by atoms with Crippen molar-refractivity contribution < 1.29 is 5.21 Å². The Morgan fingerprint density at radius 1 is 1.33 bits per heavy atom. The van der Waals surface area contributed by atoms with Gasteiger partial charge in [-0.15, -0.1) is 0 Å². The van der Waals surface area contributed by atoms with Gasteiger partial charge in [0.25, 0.3) is 0 Å². The summed E-state index contributed by atoms with van der Waals surface area (Å²) in [4.78, 5) is 6.79. The highest BCUT2D eigenvalue weighted by Crippen LogP contribution is 2.38. The number of nitrogens with two attached hydrogens (primary N) is 1. The Balaban J connectivity index is 2.19. The van der Waals surface area contributed by atoms with Crippen molar-refractivity contribution >= 4 is 17.3 Å². The van der Waals surface area contributed by atoms with E-state index in [9.17, 15) is 0 Å². The molecule has 21 heavy (non-hydrogen) atoms. The summed E-state index contributed by atoms with van der Waals surface area (Å²) in [5, 5.41) is 12.1. The Morgan fingerprint density at radius 3 is 2.86 bits per heavy atom. The van der Waals surface area contributed by atoms with Crippen molar-refractivity contribution in [2.75, 3.05) is 4.90 Å². The highest BCUT2D eigenvalue weighted by molar-refractivity contribution is 6.02. The lowest BCUT2D eigenvalue weighted by atomic mass is 10.1. The number of benzene rings is 1. The van der Waals surface area contributed by atoms with Gasteiger partial charge < -0.3 is 15.8 Å². The number of aryl methyl sites for hydroxylation is 1. The van der Waals surface area contributed by atoms with Gasteiger partial charge in [-0.1, -0.05) is 23.4 Å². The maximum Gasteiger partial charge on any atom is 0.173 e. The molecule has 0 amide bonds. The Bertz CT molecular complexity index is 711. The molecular formula is C16H18N4O. The van der Waals surface area contributed by atoms with E-state index in [0.717, 1.165) is 23.6 Å². The van der Waals surface area contributed by atoms with Crippen LogP contribution in [0.2, 0.25) is 0 Å².